The van der Waals surface area contributed by atoms with Gasteiger partial charge in [-0.1, -0.05) is 32.0 Å². The first-order valence-corrected chi connectivity index (χ1v) is 10.8. The summed E-state index contributed by atoms with van der Waals surface area (Å²) < 4.78 is 0. The van der Waals surface area contributed by atoms with Crippen LogP contribution in [0.4, 0.5) is 5.69 Å². The van der Waals surface area contributed by atoms with E-state index in [0.29, 0.717) is 5.92 Å². The van der Waals surface area contributed by atoms with Crippen LogP contribution in [0.1, 0.15) is 44.1 Å². The lowest BCUT2D eigenvalue weighted by molar-refractivity contribution is -0.895. The van der Waals surface area contributed by atoms with Gasteiger partial charge in [0.25, 0.3) is 0 Å². The number of anilines is 1. The van der Waals surface area contributed by atoms with Crippen LogP contribution in [-0.4, -0.2) is 36.2 Å². The number of quaternary nitrogens is 1. The second-order valence-corrected chi connectivity index (χ2v) is 8.33. The number of thiocarbonyl (C=S) groups is 1. The summed E-state index contributed by atoms with van der Waals surface area (Å²) in [5, 5.41) is 6.37. The molecule has 0 radical (unpaired) electrons. The summed E-state index contributed by atoms with van der Waals surface area (Å²) in [5.41, 5.74) is 2.41. The van der Waals surface area contributed by atoms with Gasteiger partial charge in [0.05, 0.1) is 32.7 Å². The van der Waals surface area contributed by atoms with Crippen molar-refractivity contribution in [1.29, 1.82) is 0 Å². The van der Waals surface area contributed by atoms with Gasteiger partial charge in [-0.15, -0.1) is 11.3 Å². The van der Waals surface area contributed by atoms with Gasteiger partial charge in [-0.25, -0.2) is 0 Å². The van der Waals surface area contributed by atoms with E-state index in [2.05, 4.69) is 79.7 Å². The lowest BCUT2D eigenvalue weighted by atomic mass is 10.0. The van der Waals surface area contributed by atoms with E-state index in [1.165, 1.54) is 10.4 Å². The molecule has 0 aliphatic heterocycles. The topological polar surface area (TPSA) is 19.7 Å². The predicted octanol–water partition coefficient (Wildman–Crippen LogP) is 4.00. The Morgan fingerprint density at radius 2 is 1.85 bits per heavy atom. The monoisotopic (exact) mass is 390 g/mol. The summed E-state index contributed by atoms with van der Waals surface area (Å²) in [4.78, 5) is 5.24. The number of rotatable bonds is 9. The van der Waals surface area contributed by atoms with E-state index in [0.717, 1.165) is 43.5 Å². The number of hydrogen-bond donors (Lipinski definition) is 2. The van der Waals surface area contributed by atoms with Crippen molar-refractivity contribution < 1.29 is 4.90 Å². The molecule has 0 saturated carbocycles. The van der Waals surface area contributed by atoms with Crippen molar-refractivity contribution >= 4 is 34.4 Å². The first kappa shape index (κ1) is 20.9. The van der Waals surface area contributed by atoms with Gasteiger partial charge >= 0.3 is 0 Å². The molecule has 1 aromatic carbocycles. The molecule has 142 valence electrons. The average molecular weight is 391 g/mol. The zero-order valence-electron chi connectivity index (χ0n) is 16.4. The molecule has 0 bridgehead atoms. The maximum atomic E-state index is 5.75. The molecule has 0 aliphatic rings. The quantitative estimate of drug-likeness (QED) is 0.632. The lowest BCUT2D eigenvalue weighted by Crippen LogP contribution is -3.12. The second kappa shape index (κ2) is 10.7. The highest BCUT2D eigenvalue weighted by molar-refractivity contribution is 7.80. The summed E-state index contributed by atoms with van der Waals surface area (Å²) in [6.07, 6.45) is 0. The van der Waals surface area contributed by atoms with E-state index in [1.54, 1.807) is 16.2 Å². The fourth-order valence-corrected chi connectivity index (χ4v) is 3.89. The van der Waals surface area contributed by atoms with Gasteiger partial charge < -0.3 is 15.1 Å². The van der Waals surface area contributed by atoms with E-state index in [-0.39, 0.29) is 0 Å². The van der Waals surface area contributed by atoms with Crippen molar-refractivity contribution in [3.05, 3.63) is 52.2 Å². The van der Waals surface area contributed by atoms with Gasteiger partial charge in [0.15, 0.2) is 5.11 Å². The average Bonchev–Trinajstić information content (AvgIpc) is 3.15. The number of likely N-dealkylation sites (N-methyl/N-ethyl adjacent to an activating group) is 1. The van der Waals surface area contributed by atoms with Crippen molar-refractivity contribution in [3.8, 4) is 0 Å². The molecule has 0 aliphatic carbocycles. The fraction of sp³-hybridized carbons (Fsp3) is 0.476. The highest BCUT2D eigenvalue weighted by Gasteiger charge is 2.14. The normalized spacial score (nSPS) is 11.2. The molecule has 0 fully saturated rings. The van der Waals surface area contributed by atoms with Crippen LogP contribution in [-0.2, 0) is 6.54 Å². The van der Waals surface area contributed by atoms with Crippen molar-refractivity contribution in [2.45, 2.75) is 40.2 Å². The van der Waals surface area contributed by atoms with E-state index in [9.17, 15) is 0 Å². The van der Waals surface area contributed by atoms with E-state index < -0.39 is 0 Å². The molecule has 0 atom stereocenters. The molecule has 2 rings (SSSR count). The van der Waals surface area contributed by atoms with Crippen LogP contribution in [0.3, 0.4) is 0 Å². The van der Waals surface area contributed by atoms with Gasteiger partial charge in [-0.05, 0) is 61.1 Å². The fourth-order valence-electron chi connectivity index (χ4n) is 2.89. The van der Waals surface area contributed by atoms with Gasteiger partial charge in [-0.3, -0.25) is 0 Å². The van der Waals surface area contributed by atoms with Crippen LogP contribution in [0.15, 0.2) is 41.8 Å². The van der Waals surface area contributed by atoms with E-state index in [4.69, 9.17) is 12.2 Å². The number of benzene rings is 1. The second-order valence-electron chi connectivity index (χ2n) is 6.91. The number of hydrogen-bond acceptors (Lipinski definition) is 2. The Labute approximate surface area is 168 Å². The Hall–Kier alpha value is -1.43. The summed E-state index contributed by atoms with van der Waals surface area (Å²) in [6, 6.07) is 12.9. The number of nitrogens with one attached hydrogen (secondary N) is 2. The molecule has 0 unspecified atom stereocenters. The van der Waals surface area contributed by atoms with Gasteiger partial charge in [0.2, 0.25) is 0 Å². The molecule has 2 N–H and O–H groups in total. The highest BCUT2D eigenvalue weighted by atomic mass is 32.1. The Balaban J connectivity index is 2.03. The molecule has 1 heterocycles. The Bertz CT molecular complexity index is 646. The Morgan fingerprint density at radius 3 is 2.38 bits per heavy atom. The highest BCUT2D eigenvalue weighted by Crippen LogP contribution is 2.18. The lowest BCUT2D eigenvalue weighted by Gasteiger charge is -2.27. The van der Waals surface area contributed by atoms with Crippen molar-refractivity contribution in [3.63, 3.8) is 0 Å². The molecule has 5 heteroatoms. The van der Waals surface area contributed by atoms with Crippen molar-refractivity contribution in [2.75, 3.05) is 31.5 Å². The third-order valence-corrected chi connectivity index (χ3v) is 6.00. The summed E-state index contributed by atoms with van der Waals surface area (Å²) in [7, 11) is 0. The maximum Gasteiger partial charge on any atom is 0.173 e. The van der Waals surface area contributed by atoms with Crippen molar-refractivity contribution in [2.24, 2.45) is 0 Å². The minimum absolute atomic E-state index is 0.545. The predicted molar refractivity (Wildman–Crippen MR) is 118 cm³/mol. The minimum Gasteiger partial charge on any atom is -0.338 e. The van der Waals surface area contributed by atoms with Crippen LogP contribution in [0.25, 0.3) is 0 Å². The zero-order valence-corrected chi connectivity index (χ0v) is 18.1. The molecular weight excluding hydrogens is 358 g/mol. The molecule has 2 aromatic rings. The van der Waals surface area contributed by atoms with E-state index in [1.807, 2.05) is 0 Å². The minimum atomic E-state index is 0.545. The van der Waals surface area contributed by atoms with Gasteiger partial charge in [0.1, 0.15) is 0 Å². The first-order chi connectivity index (χ1) is 12.5. The molecule has 3 nitrogen and oxygen atoms in total. The Kier molecular flexibility index (Phi) is 8.55. The number of thiophene rings is 1. The van der Waals surface area contributed by atoms with Crippen molar-refractivity contribution in [1.82, 2.24) is 4.90 Å². The molecule has 0 spiro atoms. The largest absolute Gasteiger partial charge is 0.338 e. The summed E-state index contributed by atoms with van der Waals surface area (Å²) >= 11 is 7.54. The molecule has 0 amide bonds. The SMILES string of the molecule is CC[NH+](CC)CCN(Cc1cccs1)C(=S)Nc1ccc(C(C)C)cc1. The third-order valence-electron chi connectivity index (χ3n) is 4.78. The van der Waals surface area contributed by atoms with Gasteiger partial charge in [-0.2, -0.15) is 0 Å². The Morgan fingerprint density at radius 1 is 1.15 bits per heavy atom. The molecule has 0 saturated heterocycles. The van der Waals surface area contributed by atoms with Crippen LogP contribution in [0, 0.1) is 0 Å². The smallest absolute Gasteiger partial charge is 0.173 e. The maximum absolute atomic E-state index is 5.75. The van der Waals surface area contributed by atoms with E-state index >= 15 is 0 Å². The van der Waals surface area contributed by atoms with Crippen LogP contribution in [0.5, 0.6) is 0 Å². The zero-order chi connectivity index (χ0) is 18.9. The van der Waals surface area contributed by atoms with Crippen LogP contribution >= 0.6 is 23.6 Å². The van der Waals surface area contributed by atoms with Crippen LogP contribution in [0.2, 0.25) is 0 Å². The number of nitrogens with zero attached hydrogens (tertiary/aromatic N) is 1. The van der Waals surface area contributed by atoms with Gasteiger partial charge in [0, 0.05) is 10.6 Å². The van der Waals surface area contributed by atoms with Crippen LogP contribution < -0.4 is 10.2 Å². The summed E-state index contributed by atoms with van der Waals surface area (Å²) in [5.74, 6) is 0.545. The standard InChI is InChI=1S/C21H31N3S2/c1-5-23(6-2)13-14-24(16-20-8-7-15-26-20)21(25)22-19-11-9-18(10-12-19)17(3)4/h7-12,15,17H,5-6,13-14,16H2,1-4H3,(H,22,25)/p+1. The molecular formula is C21H32N3S2+. The molecule has 1 aromatic heterocycles. The first-order valence-electron chi connectivity index (χ1n) is 9.55. The third kappa shape index (κ3) is 6.38. The summed E-state index contributed by atoms with van der Waals surface area (Å²) in [6.45, 7) is 14.2. The molecule has 26 heavy (non-hydrogen) atoms.